The fraction of sp³-hybridized carbons (Fsp3) is 0.375. The third kappa shape index (κ3) is 8.73. The maximum atomic E-state index is 13.7. The van der Waals surface area contributed by atoms with Crippen LogP contribution in [0, 0.1) is 19.8 Å². The quantitative estimate of drug-likeness (QED) is 0.268. The zero-order valence-corrected chi connectivity index (χ0v) is 23.0. The number of rotatable bonds is 13. The summed E-state index contributed by atoms with van der Waals surface area (Å²) >= 11 is 0. The number of benzene rings is 3. The molecule has 0 aromatic heterocycles. The molecule has 3 aromatic rings. The Kier molecular flexibility index (Phi) is 10.5. The highest BCUT2D eigenvalue weighted by Gasteiger charge is 2.20. The van der Waals surface area contributed by atoms with Crippen LogP contribution in [0.15, 0.2) is 60.7 Å². The lowest BCUT2D eigenvalue weighted by Crippen LogP contribution is -2.30. The van der Waals surface area contributed by atoms with Gasteiger partial charge in [-0.3, -0.25) is 9.59 Å². The van der Waals surface area contributed by atoms with Crippen LogP contribution in [0.4, 0.5) is 0 Å². The first-order chi connectivity index (χ1) is 18.1. The molecule has 0 aliphatic heterocycles. The third-order valence-electron chi connectivity index (χ3n) is 6.30. The number of methoxy groups -OCH3 is 1. The van der Waals surface area contributed by atoms with Gasteiger partial charge >= 0.3 is 5.97 Å². The fourth-order valence-electron chi connectivity index (χ4n) is 4.64. The van der Waals surface area contributed by atoms with E-state index < -0.39 is 5.97 Å². The van der Waals surface area contributed by atoms with Crippen LogP contribution in [-0.2, 0) is 29.2 Å². The van der Waals surface area contributed by atoms with Gasteiger partial charge in [0.25, 0.3) is 5.91 Å². The Morgan fingerprint density at radius 3 is 2.29 bits per heavy atom. The number of ether oxygens (including phenoxy) is 2. The third-order valence-corrected chi connectivity index (χ3v) is 6.30. The first-order valence-electron chi connectivity index (χ1n) is 13.1. The van der Waals surface area contributed by atoms with Gasteiger partial charge in [-0.1, -0.05) is 67.4 Å². The molecule has 6 nitrogen and oxygen atoms in total. The Labute approximate surface area is 226 Å². The van der Waals surface area contributed by atoms with Gasteiger partial charge in [-0.2, -0.15) is 0 Å². The van der Waals surface area contributed by atoms with Crippen molar-refractivity contribution < 1.29 is 24.2 Å². The number of carboxylic acids is 1. The maximum Gasteiger partial charge on any atom is 0.303 e. The lowest BCUT2D eigenvalue weighted by molar-refractivity contribution is -0.136. The van der Waals surface area contributed by atoms with Gasteiger partial charge in [0.1, 0.15) is 12.4 Å². The van der Waals surface area contributed by atoms with Gasteiger partial charge in [-0.25, -0.2) is 0 Å². The van der Waals surface area contributed by atoms with Crippen molar-refractivity contribution in [1.29, 1.82) is 0 Å². The molecule has 1 amide bonds. The molecule has 0 fully saturated rings. The summed E-state index contributed by atoms with van der Waals surface area (Å²) in [4.78, 5) is 24.9. The Hall–Kier alpha value is -3.64. The Balaban J connectivity index is 1.87. The predicted molar refractivity (Wildman–Crippen MR) is 149 cm³/mol. The van der Waals surface area contributed by atoms with Crippen LogP contribution in [0.3, 0.4) is 0 Å². The second-order valence-electron chi connectivity index (χ2n) is 10.3. The molecule has 6 heteroatoms. The SMILES string of the molecule is COCc1cccc(OCc2ccc(CCC(=O)O)c(C(=O)NC(CC(C)C)c3cc(C)cc(C)c3)c2)c1. The van der Waals surface area contributed by atoms with E-state index in [4.69, 9.17) is 9.47 Å². The van der Waals surface area contributed by atoms with Crippen LogP contribution in [0.1, 0.15) is 76.5 Å². The van der Waals surface area contributed by atoms with Gasteiger partial charge in [-0.05, 0) is 73.1 Å². The van der Waals surface area contributed by atoms with Gasteiger partial charge in [0, 0.05) is 19.1 Å². The average molecular weight is 518 g/mol. The van der Waals surface area contributed by atoms with Crippen molar-refractivity contribution in [2.24, 2.45) is 5.92 Å². The van der Waals surface area contributed by atoms with E-state index in [-0.39, 0.29) is 31.4 Å². The van der Waals surface area contributed by atoms with Gasteiger partial charge in [-0.15, -0.1) is 0 Å². The van der Waals surface area contributed by atoms with Crippen molar-refractivity contribution in [3.8, 4) is 5.75 Å². The molecule has 0 bridgehead atoms. The van der Waals surface area contributed by atoms with Crippen molar-refractivity contribution in [3.63, 3.8) is 0 Å². The number of nitrogens with one attached hydrogen (secondary N) is 1. The summed E-state index contributed by atoms with van der Waals surface area (Å²) < 4.78 is 11.2. The smallest absolute Gasteiger partial charge is 0.303 e. The van der Waals surface area contributed by atoms with Crippen LogP contribution in [-0.4, -0.2) is 24.1 Å². The van der Waals surface area contributed by atoms with Crippen LogP contribution < -0.4 is 10.1 Å². The predicted octanol–water partition coefficient (Wildman–Crippen LogP) is 6.56. The van der Waals surface area contributed by atoms with Crippen molar-refractivity contribution in [2.75, 3.05) is 7.11 Å². The molecule has 202 valence electrons. The molecule has 0 saturated heterocycles. The molecular weight excluding hydrogens is 478 g/mol. The number of amides is 1. The lowest BCUT2D eigenvalue weighted by atomic mass is 9.93. The Morgan fingerprint density at radius 2 is 1.63 bits per heavy atom. The van der Waals surface area contributed by atoms with E-state index in [0.717, 1.165) is 34.2 Å². The van der Waals surface area contributed by atoms with E-state index in [1.807, 2.05) is 42.5 Å². The summed E-state index contributed by atoms with van der Waals surface area (Å²) in [6.07, 6.45) is 1.02. The molecular formula is C32H39NO5. The van der Waals surface area contributed by atoms with E-state index in [2.05, 4.69) is 51.2 Å². The highest BCUT2D eigenvalue weighted by Crippen LogP contribution is 2.25. The summed E-state index contributed by atoms with van der Waals surface area (Å²) in [5.41, 5.74) is 6.41. The molecule has 1 atom stereocenters. The highest BCUT2D eigenvalue weighted by molar-refractivity contribution is 5.96. The molecule has 0 aliphatic carbocycles. The zero-order chi connectivity index (χ0) is 27.7. The van der Waals surface area contributed by atoms with E-state index in [1.54, 1.807) is 7.11 Å². The Morgan fingerprint density at radius 1 is 0.921 bits per heavy atom. The largest absolute Gasteiger partial charge is 0.489 e. The molecule has 0 radical (unpaired) electrons. The number of hydrogen-bond acceptors (Lipinski definition) is 4. The molecule has 0 spiro atoms. The standard InChI is InChI=1S/C32H39NO5/c1-21(2)13-30(27-15-22(3)14-23(4)16-27)33-32(36)29-18-25(9-10-26(29)11-12-31(34)35)20-38-28-8-6-7-24(17-28)19-37-5/h6-10,14-18,21,30H,11-13,19-20H2,1-5H3,(H,33,36)(H,34,35). The number of hydrogen-bond donors (Lipinski definition) is 2. The second kappa shape index (κ2) is 13.8. The minimum atomic E-state index is -0.896. The summed E-state index contributed by atoms with van der Waals surface area (Å²) in [6, 6.07) is 19.5. The Bertz CT molecular complexity index is 1230. The van der Waals surface area contributed by atoms with E-state index in [0.29, 0.717) is 29.4 Å². The first-order valence-corrected chi connectivity index (χ1v) is 13.1. The molecule has 1 unspecified atom stereocenters. The number of aliphatic carboxylic acids is 1. The first kappa shape index (κ1) is 28.9. The molecule has 38 heavy (non-hydrogen) atoms. The fourth-order valence-corrected chi connectivity index (χ4v) is 4.64. The summed E-state index contributed by atoms with van der Waals surface area (Å²) in [5.74, 6) is -0.0136. The van der Waals surface area contributed by atoms with Crippen LogP contribution in [0.2, 0.25) is 0 Å². The topological polar surface area (TPSA) is 84.9 Å². The van der Waals surface area contributed by atoms with Crippen molar-refractivity contribution in [2.45, 2.75) is 66.2 Å². The van der Waals surface area contributed by atoms with Crippen molar-refractivity contribution >= 4 is 11.9 Å². The van der Waals surface area contributed by atoms with E-state index in [1.165, 1.54) is 0 Å². The average Bonchev–Trinajstić information content (AvgIpc) is 2.85. The number of carboxylic acid groups (broad SMARTS) is 1. The monoisotopic (exact) mass is 517 g/mol. The van der Waals surface area contributed by atoms with Gasteiger partial charge in [0.05, 0.1) is 12.6 Å². The minimum Gasteiger partial charge on any atom is -0.489 e. The van der Waals surface area contributed by atoms with Gasteiger partial charge in [0.15, 0.2) is 0 Å². The van der Waals surface area contributed by atoms with Crippen LogP contribution in [0.25, 0.3) is 0 Å². The number of carbonyl (C=O) groups is 2. The summed E-state index contributed by atoms with van der Waals surface area (Å²) in [7, 11) is 1.65. The lowest BCUT2D eigenvalue weighted by Gasteiger charge is -2.23. The highest BCUT2D eigenvalue weighted by atomic mass is 16.5. The van der Waals surface area contributed by atoms with Crippen molar-refractivity contribution in [1.82, 2.24) is 5.32 Å². The number of carbonyl (C=O) groups excluding carboxylic acids is 1. The summed E-state index contributed by atoms with van der Waals surface area (Å²) in [6.45, 7) is 9.17. The zero-order valence-electron chi connectivity index (χ0n) is 23.0. The second-order valence-corrected chi connectivity index (χ2v) is 10.3. The number of aryl methyl sites for hydroxylation is 3. The molecule has 0 saturated carbocycles. The maximum absolute atomic E-state index is 13.7. The molecule has 3 aromatic carbocycles. The summed E-state index contributed by atoms with van der Waals surface area (Å²) in [5, 5.41) is 12.5. The van der Waals surface area contributed by atoms with E-state index >= 15 is 0 Å². The van der Waals surface area contributed by atoms with Crippen LogP contribution in [0.5, 0.6) is 5.75 Å². The molecule has 0 aliphatic rings. The molecule has 2 N–H and O–H groups in total. The molecule has 0 heterocycles. The molecule has 3 rings (SSSR count). The minimum absolute atomic E-state index is 0.0467. The van der Waals surface area contributed by atoms with Crippen LogP contribution >= 0.6 is 0 Å². The van der Waals surface area contributed by atoms with Gasteiger partial charge in [0.2, 0.25) is 0 Å². The van der Waals surface area contributed by atoms with E-state index in [9.17, 15) is 14.7 Å². The van der Waals surface area contributed by atoms with Gasteiger partial charge < -0.3 is 19.9 Å². The van der Waals surface area contributed by atoms with Crippen molar-refractivity contribution in [3.05, 3.63) is 99.6 Å². The normalized spacial score (nSPS) is 11.8.